The molecule has 1 unspecified atom stereocenters. The van der Waals surface area contributed by atoms with Gasteiger partial charge in [-0.1, -0.05) is 13.8 Å². The van der Waals surface area contributed by atoms with E-state index in [1.165, 1.54) is 13.2 Å². The molecule has 0 bridgehead atoms. The Balaban J connectivity index is 1.53. The molecule has 0 radical (unpaired) electrons. The van der Waals surface area contributed by atoms with Crippen LogP contribution in [0, 0.1) is 5.92 Å². The molecule has 2 saturated heterocycles. The lowest BCUT2D eigenvalue weighted by atomic mass is 9.87. The predicted molar refractivity (Wildman–Crippen MR) is 88.3 cm³/mol. The van der Waals surface area contributed by atoms with Crippen LogP contribution in [-0.2, 0) is 9.53 Å². The van der Waals surface area contributed by atoms with Gasteiger partial charge in [0.25, 0.3) is 11.8 Å². The number of carbonyl (C=O) groups excluding carboxylic acids is 2. The Hall–Kier alpha value is -2.09. The SMILES string of the molecule is COc1cc(C(=O)N2CCC3(CC2)CC(NC(=O)C(C)C)CO3)on1. The molecular weight excluding hydrogens is 326 g/mol. The number of likely N-dealkylation sites (tertiary alicyclic amines) is 1. The second kappa shape index (κ2) is 7.03. The number of nitrogens with zero attached hydrogens (tertiary/aromatic N) is 2. The molecule has 2 aliphatic rings. The van der Waals surface area contributed by atoms with Gasteiger partial charge in [-0.25, -0.2) is 0 Å². The lowest BCUT2D eigenvalue weighted by Gasteiger charge is -2.38. The van der Waals surface area contributed by atoms with Crippen LogP contribution in [0.3, 0.4) is 0 Å². The number of aromatic nitrogens is 1. The maximum atomic E-state index is 12.5. The standard InChI is InChI=1S/C17H25N3O5/c1-11(2)15(21)18-12-9-17(24-10-12)4-6-20(7-5-17)16(22)13-8-14(23-3)19-25-13/h8,11-12H,4-7,9-10H2,1-3H3,(H,18,21). The first kappa shape index (κ1) is 17.7. The second-order valence-corrected chi connectivity index (χ2v) is 7.08. The van der Waals surface area contributed by atoms with Gasteiger partial charge < -0.3 is 24.2 Å². The maximum absolute atomic E-state index is 12.5. The summed E-state index contributed by atoms with van der Waals surface area (Å²) in [6.45, 7) is 5.47. The third-order valence-corrected chi connectivity index (χ3v) is 4.95. The molecule has 25 heavy (non-hydrogen) atoms. The van der Waals surface area contributed by atoms with Crippen molar-refractivity contribution in [2.45, 2.75) is 44.8 Å². The zero-order chi connectivity index (χ0) is 18.0. The van der Waals surface area contributed by atoms with Crippen LogP contribution in [0.4, 0.5) is 0 Å². The molecule has 3 rings (SSSR count). The molecule has 1 aromatic heterocycles. The van der Waals surface area contributed by atoms with Crippen LogP contribution >= 0.6 is 0 Å². The first-order valence-electron chi connectivity index (χ1n) is 8.67. The quantitative estimate of drug-likeness (QED) is 0.876. The van der Waals surface area contributed by atoms with Crippen molar-refractivity contribution in [1.29, 1.82) is 0 Å². The highest BCUT2D eigenvalue weighted by molar-refractivity contribution is 5.91. The smallest absolute Gasteiger partial charge is 0.292 e. The third-order valence-electron chi connectivity index (χ3n) is 4.95. The van der Waals surface area contributed by atoms with Crippen molar-refractivity contribution in [2.75, 3.05) is 26.8 Å². The topological polar surface area (TPSA) is 93.9 Å². The summed E-state index contributed by atoms with van der Waals surface area (Å²) < 4.78 is 16.0. The molecule has 1 spiro atoms. The Bertz CT molecular complexity index is 634. The molecule has 1 atom stereocenters. The molecule has 138 valence electrons. The van der Waals surface area contributed by atoms with E-state index < -0.39 is 0 Å². The fraction of sp³-hybridized carbons (Fsp3) is 0.706. The van der Waals surface area contributed by atoms with Gasteiger partial charge in [-0.2, -0.15) is 0 Å². The summed E-state index contributed by atoms with van der Waals surface area (Å²) in [5.74, 6) is 0.308. The number of carbonyl (C=O) groups is 2. The molecule has 1 N–H and O–H groups in total. The minimum absolute atomic E-state index is 0.0325. The lowest BCUT2D eigenvalue weighted by Crippen LogP contribution is -2.47. The Labute approximate surface area is 146 Å². The van der Waals surface area contributed by atoms with E-state index in [9.17, 15) is 9.59 Å². The molecule has 8 heteroatoms. The van der Waals surface area contributed by atoms with E-state index in [4.69, 9.17) is 14.0 Å². The molecule has 2 aliphatic heterocycles. The van der Waals surface area contributed by atoms with Crippen molar-refractivity contribution in [2.24, 2.45) is 5.92 Å². The number of ether oxygens (including phenoxy) is 2. The summed E-state index contributed by atoms with van der Waals surface area (Å²) in [7, 11) is 1.47. The van der Waals surface area contributed by atoms with Crippen LogP contribution < -0.4 is 10.1 Å². The molecule has 0 aliphatic carbocycles. The van der Waals surface area contributed by atoms with Crippen LogP contribution in [0.15, 0.2) is 10.6 Å². The average molecular weight is 351 g/mol. The predicted octanol–water partition coefficient (Wildman–Crippen LogP) is 1.22. The van der Waals surface area contributed by atoms with Crippen LogP contribution in [-0.4, -0.2) is 60.3 Å². The zero-order valence-electron chi connectivity index (χ0n) is 14.9. The monoisotopic (exact) mass is 351 g/mol. The van der Waals surface area contributed by atoms with Gasteiger partial charge in [-0.05, 0) is 24.4 Å². The number of nitrogens with one attached hydrogen (secondary N) is 1. The largest absolute Gasteiger partial charge is 0.479 e. The molecule has 2 amide bonds. The average Bonchev–Trinajstić information content (AvgIpc) is 3.22. The van der Waals surface area contributed by atoms with E-state index in [0.29, 0.717) is 25.6 Å². The van der Waals surface area contributed by atoms with Crippen molar-refractivity contribution in [3.8, 4) is 5.88 Å². The highest BCUT2D eigenvalue weighted by atomic mass is 16.5. The molecule has 3 heterocycles. The molecular formula is C17H25N3O5. The number of piperidine rings is 1. The minimum atomic E-state index is -0.245. The maximum Gasteiger partial charge on any atom is 0.292 e. The first-order chi connectivity index (χ1) is 11.9. The highest BCUT2D eigenvalue weighted by Crippen LogP contribution is 2.36. The number of amides is 2. The second-order valence-electron chi connectivity index (χ2n) is 7.08. The molecule has 2 fully saturated rings. The first-order valence-corrected chi connectivity index (χ1v) is 8.67. The lowest BCUT2D eigenvalue weighted by molar-refractivity contribution is -0.124. The summed E-state index contributed by atoms with van der Waals surface area (Å²) in [6, 6.07) is 1.55. The van der Waals surface area contributed by atoms with Crippen LogP contribution in [0.5, 0.6) is 5.88 Å². The number of hydrogen-bond donors (Lipinski definition) is 1. The Morgan fingerprint density at radius 2 is 2.12 bits per heavy atom. The van der Waals surface area contributed by atoms with E-state index in [2.05, 4.69) is 10.5 Å². The molecule has 0 aromatic carbocycles. The summed E-state index contributed by atoms with van der Waals surface area (Å²) in [4.78, 5) is 26.0. The Morgan fingerprint density at radius 1 is 1.40 bits per heavy atom. The fourth-order valence-corrected chi connectivity index (χ4v) is 3.38. The number of hydrogen-bond acceptors (Lipinski definition) is 6. The molecule has 8 nitrogen and oxygen atoms in total. The van der Waals surface area contributed by atoms with Crippen molar-refractivity contribution >= 4 is 11.8 Å². The van der Waals surface area contributed by atoms with Crippen molar-refractivity contribution < 1.29 is 23.6 Å². The third kappa shape index (κ3) is 3.78. The van der Waals surface area contributed by atoms with Crippen LogP contribution in [0.25, 0.3) is 0 Å². The van der Waals surface area contributed by atoms with Crippen molar-refractivity contribution in [3.63, 3.8) is 0 Å². The zero-order valence-corrected chi connectivity index (χ0v) is 14.9. The highest BCUT2D eigenvalue weighted by Gasteiger charge is 2.44. The van der Waals surface area contributed by atoms with Gasteiger partial charge >= 0.3 is 0 Å². The van der Waals surface area contributed by atoms with Gasteiger partial charge in [-0.3, -0.25) is 9.59 Å². The van der Waals surface area contributed by atoms with Crippen molar-refractivity contribution in [1.82, 2.24) is 15.4 Å². The summed E-state index contributed by atoms with van der Waals surface area (Å²) in [5.41, 5.74) is -0.245. The van der Waals surface area contributed by atoms with Gasteiger partial charge in [-0.15, -0.1) is 0 Å². The van der Waals surface area contributed by atoms with Gasteiger partial charge in [0.1, 0.15) is 0 Å². The van der Waals surface area contributed by atoms with Crippen molar-refractivity contribution in [3.05, 3.63) is 11.8 Å². The summed E-state index contributed by atoms with van der Waals surface area (Å²) in [6.07, 6.45) is 2.29. The summed E-state index contributed by atoms with van der Waals surface area (Å²) in [5, 5.41) is 6.70. The van der Waals surface area contributed by atoms with E-state index in [1.54, 1.807) is 4.90 Å². The van der Waals surface area contributed by atoms with E-state index in [1.807, 2.05) is 13.8 Å². The van der Waals surface area contributed by atoms with Gasteiger partial charge in [0.15, 0.2) is 0 Å². The minimum Gasteiger partial charge on any atom is -0.479 e. The summed E-state index contributed by atoms with van der Waals surface area (Å²) >= 11 is 0. The molecule has 0 saturated carbocycles. The van der Waals surface area contributed by atoms with Crippen LogP contribution in [0.2, 0.25) is 0 Å². The van der Waals surface area contributed by atoms with Crippen LogP contribution in [0.1, 0.15) is 43.7 Å². The van der Waals surface area contributed by atoms with E-state index in [0.717, 1.165) is 19.3 Å². The Kier molecular flexibility index (Phi) is 4.99. The van der Waals surface area contributed by atoms with Gasteiger partial charge in [0, 0.05) is 19.0 Å². The van der Waals surface area contributed by atoms with Gasteiger partial charge in [0.05, 0.1) is 31.4 Å². The van der Waals surface area contributed by atoms with E-state index in [-0.39, 0.29) is 35.1 Å². The molecule has 1 aromatic rings. The van der Waals surface area contributed by atoms with Gasteiger partial charge in [0.2, 0.25) is 11.7 Å². The number of rotatable bonds is 4. The fourth-order valence-electron chi connectivity index (χ4n) is 3.38. The number of methoxy groups -OCH3 is 1. The van der Waals surface area contributed by atoms with E-state index >= 15 is 0 Å². The Morgan fingerprint density at radius 3 is 2.72 bits per heavy atom. The normalized spacial score (nSPS) is 22.4.